The molecule has 1 saturated carbocycles. The van der Waals surface area contributed by atoms with Crippen molar-refractivity contribution in [2.75, 3.05) is 13.6 Å². The van der Waals surface area contributed by atoms with Crippen molar-refractivity contribution < 1.29 is 4.79 Å². The fraction of sp³-hybridized carbons (Fsp3) is 0.583. The number of nitrogens with zero attached hydrogens (tertiary/aromatic N) is 1. The molecule has 1 amide bonds. The smallest absolute Gasteiger partial charge is 0.242 e. The molecule has 0 unspecified atom stereocenters. The van der Waals surface area contributed by atoms with Gasteiger partial charge < -0.3 is 10.6 Å². The molecular formula is C12H18N2OS. The summed E-state index contributed by atoms with van der Waals surface area (Å²) in [5.74, 6) is 0.0988. The largest absolute Gasteiger partial charge is 0.344 e. The molecule has 0 spiro atoms. The van der Waals surface area contributed by atoms with E-state index in [4.69, 9.17) is 5.73 Å². The minimum Gasteiger partial charge on any atom is -0.344 e. The Hall–Kier alpha value is -0.870. The Bertz CT molecular complexity index is 395. The fourth-order valence-corrected chi connectivity index (χ4v) is 2.66. The third-order valence-corrected chi connectivity index (χ3v) is 4.29. The molecule has 88 valence electrons. The summed E-state index contributed by atoms with van der Waals surface area (Å²) < 4.78 is 0. The highest BCUT2D eigenvalue weighted by atomic mass is 32.1. The highest BCUT2D eigenvalue weighted by Crippen LogP contribution is 2.33. The van der Waals surface area contributed by atoms with Crippen LogP contribution in [0.1, 0.15) is 23.3 Å². The third-order valence-electron chi connectivity index (χ3n) is 3.20. The van der Waals surface area contributed by atoms with Crippen LogP contribution >= 0.6 is 11.3 Å². The molecule has 0 aromatic carbocycles. The van der Waals surface area contributed by atoms with Crippen LogP contribution in [0.5, 0.6) is 0 Å². The van der Waals surface area contributed by atoms with E-state index >= 15 is 0 Å². The van der Waals surface area contributed by atoms with Gasteiger partial charge in [-0.2, -0.15) is 0 Å². The molecule has 1 aromatic heterocycles. The van der Waals surface area contributed by atoms with Crippen LogP contribution in [0.3, 0.4) is 0 Å². The molecule has 0 aliphatic heterocycles. The van der Waals surface area contributed by atoms with E-state index in [1.54, 1.807) is 16.2 Å². The molecule has 2 N–H and O–H groups in total. The molecule has 1 fully saturated rings. The molecule has 0 bridgehead atoms. The van der Waals surface area contributed by atoms with Crippen molar-refractivity contribution in [1.29, 1.82) is 0 Å². The lowest BCUT2D eigenvalue weighted by molar-refractivity contribution is -0.132. The second kappa shape index (κ2) is 4.18. The highest BCUT2D eigenvalue weighted by molar-refractivity contribution is 7.10. The molecule has 3 nitrogen and oxygen atoms in total. The molecular weight excluding hydrogens is 220 g/mol. The van der Waals surface area contributed by atoms with Gasteiger partial charge >= 0.3 is 0 Å². The van der Waals surface area contributed by atoms with Gasteiger partial charge in [0.1, 0.15) is 0 Å². The average Bonchev–Trinajstić information content (AvgIpc) is 2.87. The normalized spacial score (nSPS) is 17.2. The van der Waals surface area contributed by atoms with Gasteiger partial charge in [-0.15, -0.1) is 11.3 Å². The first kappa shape index (κ1) is 11.6. The van der Waals surface area contributed by atoms with Crippen LogP contribution in [0.4, 0.5) is 0 Å². The summed E-state index contributed by atoms with van der Waals surface area (Å²) in [6, 6.07) is 2.12. The lowest BCUT2D eigenvalue weighted by Gasteiger charge is -2.20. The third kappa shape index (κ3) is 2.28. The molecule has 1 aliphatic rings. The average molecular weight is 238 g/mol. The first-order chi connectivity index (χ1) is 7.53. The number of aryl methyl sites for hydroxylation is 1. The zero-order valence-corrected chi connectivity index (χ0v) is 10.6. The van der Waals surface area contributed by atoms with Crippen LogP contribution in [-0.2, 0) is 11.2 Å². The van der Waals surface area contributed by atoms with Crippen LogP contribution in [0.25, 0.3) is 0 Å². The molecule has 2 rings (SSSR count). The molecule has 0 radical (unpaired) electrons. The van der Waals surface area contributed by atoms with E-state index in [1.165, 1.54) is 10.4 Å². The SMILES string of the molecule is Cc1ccsc1CCN(C)C(=O)C1(N)CC1. The van der Waals surface area contributed by atoms with Crippen molar-refractivity contribution in [3.8, 4) is 0 Å². The number of likely N-dealkylation sites (N-methyl/N-ethyl adjacent to an activating group) is 1. The maximum atomic E-state index is 11.9. The summed E-state index contributed by atoms with van der Waals surface area (Å²) in [4.78, 5) is 15.0. The zero-order valence-electron chi connectivity index (χ0n) is 9.82. The maximum absolute atomic E-state index is 11.9. The van der Waals surface area contributed by atoms with Crippen molar-refractivity contribution in [1.82, 2.24) is 4.90 Å². The topological polar surface area (TPSA) is 46.3 Å². The number of carbonyl (C=O) groups is 1. The van der Waals surface area contributed by atoms with Gasteiger partial charge in [0.05, 0.1) is 5.54 Å². The summed E-state index contributed by atoms with van der Waals surface area (Å²) in [7, 11) is 1.85. The summed E-state index contributed by atoms with van der Waals surface area (Å²) in [6.07, 6.45) is 2.62. The molecule has 1 aliphatic carbocycles. The summed E-state index contributed by atoms with van der Waals surface area (Å²) in [5.41, 5.74) is 6.67. The molecule has 1 heterocycles. The van der Waals surface area contributed by atoms with Crippen molar-refractivity contribution in [2.45, 2.75) is 31.7 Å². The highest BCUT2D eigenvalue weighted by Gasteiger charge is 2.47. The van der Waals surface area contributed by atoms with E-state index in [1.807, 2.05) is 7.05 Å². The molecule has 16 heavy (non-hydrogen) atoms. The van der Waals surface area contributed by atoms with Crippen LogP contribution in [0.15, 0.2) is 11.4 Å². The van der Waals surface area contributed by atoms with E-state index in [9.17, 15) is 4.79 Å². The Morgan fingerprint density at radius 2 is 2.31 bits per heavy atom. The Balaban J connectivity index is 1.86. The predicted molar refractivity (Wildman–Crippen MR) is 66.5 cm³/mol. The summed E-state index contributed by atoms with van der Waals surface area (Å²) in [5, 5.41) is 2.10. The van der Waals surface area contributed by atoms with Gasteiger partial charge in [-0.1, -0.05) is 0 Å². The van der Waals surface area contributed by atoms with Gasteiger partial charge in [0.15, 0.2) is 0 Å². The van der Waals surface area contributed by atoms with Crippen LogP contribution in [-0.4, -0.2) is 29.9 Å². The number of thiophene rings is 1. The number of hydrogen-bond acceptors (Lipinski definition) is 3. The minimum absolute atomic E-state index is 0.0988. The van der Waals surface area contributed by atoms with Crippen LogP contribution < -0.4 is 5.73 Å². The van der Waals surface area contributed by atoms with Gasteiger partial charge in [-0.3, -0.25) is 4.79 Å². The van der Waals surface area contributed by atoms with E-state index in [2.05, 4.69) is 18.4 Å². The zero-order chi connectivity index (χ0) is 11.8. The van der Waals surface area contributed by atoms with Gasteiger partial charge in [-0.05, 0) is 43.2 Å². The lowest BCUT2D eigenvalue weighted by Crippen LogP contribution is -2.44. The molecule has 0 atom stereocenters. The summed E-state index contributed by atoms with van der Waals surface area (Å²) >= 11 is 1.76. The van der Waals surface area contributed by atoms with E-state index in [-0.39, 0.29) is 5.91 Å². The summed E-state index contributed by atoms with van der Waals surface area (Å²) in [6.45, 7) is 2.87. The monoisotopic (exact) mass is 238 g/mol. The number of amides is 1. The Morgan fingerprint density at radius 3 is 2.81 bits per heavy atom. The van der Waals surface area contributed by atoms with E-state index in [0.717, 1.165) is 25.8 Å². The van der Waals surface area contributed by atoms with Crippen molar-refractivity contribution in [3.63, 3.8) is 0 Å². The Morgan fingerprint density at radius 1 is 1.62 bits per heavy atom. The lowest BCUT2D eigenvalue weighted by atomic mass is 10.2. The van der Waals surface area contributed by atoms with Gasteiger partial charge in [0.25, 0.3) is 0 Å². The quantitative estimate of drug-likeness (QED) is 0.865. The van der Waals surface area contributed by atoms with Crippen molar-refractivity contribution >= 4 is 17.2 Å². The first-order valence-electron chi connectivity index (χ1n) is 5.60. The predicted octanol–water partition coefficient (Wildman–Crippen LogP) is 1.55. The van der Waals surface area contributed by atoms with Gasteiger partial charge in [0.2, 0.25) is 5.91 Å². The Labute approximate surface area is 100 Å². The van der Waals surface area contributed by atoms with Crippen LogP contribution in [0.2, 0.25) is 0 Å². The second-order valence-electron chi connectivity index (χ2n) is 4.66. The van der Waals surface area contributed by atoms with Gasteiger partial charge in [-0.25, -0.2) is 0 Å². The fourth-order valence-electron chi connectivity index (χ4n) is 1.76. The molecule has 0 saturated heterocycles. The number of carbonyl (C=O) groups excluding carboxylic acids is 1. The van der Waals surface area contributed by atoms with Crippen LogP contribution in [0, 0.1) is 6.92 Å². The van der Waals surface area contributed by atoms with Crippen molar-refractivity contribution in [3.05, 3.63) is 21.9 Å². The number of nitrogens with two attached hydrogens (primary N) is 1. The molecule has 1 aromatic rings. The standard InChI is InChI=1S/C12H18N2OS/c1-9-4-8-16-10(9)3-7-14(2)11(15)12(13)5-6-12/h4,8H,3,5-7,13H2,1-2H3. The van der Waals surface area contributed by atoms with Crippen molar-refractivity contribution in [2.24, 2.45) is 5.73 Å². The number of hydrogen-bond donors (Lipinski definition) is 1. The first-order valence-corrected chi connectivity index (χ1v) is 6.48. The Kier molecular flexibility index (Phi) is 3.04. The van der Waals surface area contributed by atoms with Gasteiger partial charge in [0, 0.05) is 18.5 Å². The minimum atomic E-state index is -0.529. The molecule has 4 heteroatoms. The second-order valence-corrected chi connectivity index (χ2v) is 5.66. The van der Waals surface area contributed by atoms with E-state index < -0.39 is 5.54 Å². The maximum Gasteiger partial charge on any atom is 0.242 e. The number of rotatable bonds is 4. The van der Waals surface area contributed by atoms with E-state index in [0.29, 0.717) is 0 Å².